The van der Waals surface area contributed by atoms with Crippen molar-refractivity contribution >= 4 is 29.7 Å². The minimum absolute atomic E-state index is 0.0509. The van der Waals surface area contributed by atoms with Gasteiger partial charge in [-0.2, -0.15) is 0 Å². The normalized spacial score (nSPS) is 12.5. The minimum Gasteiger partial charge on any atom is -0.370 e. The summed E-state index contributed by atoms with van der Waals surface area (Å²) < 4.78 is 0. The zero-order valence-corrected chi connectivity index (χ0v) is 17.7. The third-order valence-electron chi connectivity index (χ3n) is 4.36. The number of nitrogens with two attached hydrogens (primary N) is 2. The van der Waals surface area contributed by atoms with E-state index < -0.39 is 28.8 Å². The highest BCUT2D eigenvalue weighted by Crippen LogP contribution is 2.18. The number of nitrogens with one attached hydrogen (secondary N) is 2. The van der Waals surface area contributed by atoms with Gasteiger partial charge in [-0.1, -0.05) is 32.0 Å². The lowest BCUT2D eigenvalue weighted by molar-refractivity contribution is -0.385. The van der Waals surface area contributed by atoms with Gasteiger partial charge in [-0.25, -0.2) is 0 Å². The van der Waals surface area contributed by atoms with E-state index in [1.807, 2.05) is 13.8 Å². The molecule has 0 heterocycles. The summed E-state index contributed by atoms with van der Waals surface area (Å²) in [7, 11) is 0. The van der Waals surface area contributed by atoms with Crippen molar-refractivity contribution in [3.63, 3.8) is 0 Å². The smallest absolute Gasteiger partial charge is 0.273 e. The number of carbonyl (C=O) groups is 3. The number of benzene rings is 1. The number of aldehydes is 1. The van der Waals surface area contributed by atoms with Crippen LogP contribution in [0.3, 0.4) is 0 Å². The van der Waals surface area contributed by atoms with E-state index >= 15 is 0 Å². The van der Waals surface area contributed by atoms with E-state index in [9.17, 15) is 24.5 Å². The van der Waals surface area contributed by atoms with Crippen molar-refractivity contribution in [1.82, 2.24) is 10.6 Å². The van der Waals surface area contributed by atoms with E-state index in [0.717, 1.165) is 0 Å². The zero-order chi connectivity index (χ0) is 23.4. The molecule has 0 saturated heterocycles. The molecule has 0 aliphatic heterocycles. The van der Waals surface area contributed by atoms with Gasteiger partial charge >= 0.3 is 0 Å². The number of amides is 2. The van der Waals surface area contributed by atoms with Gasteiger partial charge in [0.15, 0.2) is 5.96 Å². The van der Waals surface area contributed by atoms with Crippen LogP contribution in [0.4, 0.5) is 5.69 Å². The molecule has 0 radical (unpaired) electrons. The molecule has 11 nitrogen and oxygen atoms in total. The summed E-state index contributed by atoms with van der Waals surface area (Å²) in [5.41, 5.74) is 10.6. The third kappa shape index (κ3) is 9.70. The SMILES string of the molecule is CC(C)C[C@H](NC(=O)Cc1ccccc1[N+](=O)[O-])C(=O)N[C@H](C=O)CCCN=C(N)N. The molecular weight excluding hydrogens is 404 g/mol. The molecule has 0 spiro atoms. The fourth-order valence-electron chi connectivity index (χ4n) is 2.94. The number of nitro groups is 1. The highest BCUT2D eigenvalue weighted by atomic mass is 16.6. The topological polar surface area (TPSA) is 183 Å². The van der Waals surface area contributed by atoms with Gasteiger partial charge in [0.2, 0.25) is 11.8 Å². The summed E-state index contributed by atoms with van der Waals surface area (Å²) in [6.07, 6.45) is 1.54. The van der Waals surface area contributed by atoms with E-state index in [1.54, 1.807) is 6.07 Å². The molecule has 0 aromatic heterocycles. The predicted molar refractivity (Wildman–Crippen MR) is 116 cm³/mol. The van der Waals surface area contributed by atoms with Gasteiger partial charge < -0.3 is 26.9 Å². The van der Waals surface area contributed by atoms with E-state index in [0.29, 0.717) is 32.1 Å². The molecule has 2 atom stereocenters. The van der Waals surface area contributed by atoms with Crippen LogP contribution in [-0.4, -0.2) is 47.6 Å². The number of rotatable bonds is 13. The summed E-state index contributed by atoms with van der Waals surface area (Å²) >= 11 is 0. The number of para-hydroxylation sites is 1. The molecule has 0 bridgehead atoms. The second-order valence-corrected chi connectivity index (χ2v) is 7.51. The van der Waals surface area contributed by atoms with Gasteiger partial charge in [0.1, 0.15) is 12.3 Å². The fraction of sp³-hybridized carbons (Fsp3) is 0.500. The largest absolute Gasteiger partial charge is 0.370 e. The van der Waals surface area contributed by atoms with Crippen molar-refractivity contribution in [3.8, 4) is 0 Å². The molecule has 1 aromatic rings. The van der Waals surface area contributed by atoms with Crippen LogP contribution in [-0.2, 0) is 20.8 Å². The summed E-state index contributed by atoms with van der Waals surface area (Å²) in [6.45, 7) is 4.10. The highest BCUT2D eigenvalue weighted by Gasteiger charge is 2.25. The first kappa shape index (κ1) is 25.5. The molecule has 6 N–H and O–H groups in total. The van der Waals surface area contributed by atoms with E-state index in [-0.39, 0.29) is 29.5 Å². The first-order valence-electron chi connectivity index (χ1n) is 9.96. The Morgan fingerprint density at radius 2 is 1.90 bits per heavy atom. The number of nitrogens with zero attached hydrogens (tertiary/aromatic N) is 2. The Hall–Kier alpha value is -3.50. The molecule has 1 rings (SSSR count). The molecule has 0 aliphatic rings. The van der Waals surface area contributed by atoms with Crippen LogP contribution in [0, 0.1) is 16.0 Å². The van der Waals surface area contributed by atoms with E-state index in [2.05, 4.69) is 15.6 Å². The third-order valence-corrected chi connectivity index (χ3v) is 4.36. The number of aliphatic imine (C=N–C) groups is 1. The predicted octanol–water partition coefficient (Wildman–Crippen LogP) is 0.406. The highest BCUT2D eigenvalue weighted by molar-refractivity contribution is 5.90. The summed E-state index contributed by atoms with van der Waals surface area (Å²) in [5, 5.41) is 16.4. The Kier molecular flexibility index (Phi) is 10.7. The van der Waals surface area contributed by atoms with Crippen LogP contribution in [0.1, 0.15) is 38.7 Å². The quantitative estimate of drug-likeness (QED) is 0.0865. The van der Waals surface area contributed by atoms with Crippen LogP contribution in [0.25, 0.3) is 0 Å². The van der Waals surface area contributed by atoms with Gasteiger partial charge in [-0.15, -0.1) is 0 Å². The van der Waals surface area contributed by atoms with Crippen LogP contribution in [0.5, 0.6) is 0 Å². The van der Waals surface area contributed by atoms with E-state index in [4.69, 9.17) is 11.5 Å². The van der Waals surface area contributed by atoms with Gasteiger partial charge in [0.05, 0.1) is 17.4 Å². The summed E-state index contributed by atoms with van der Waals surface area (Å²) in [6, 6.07) is 4.30. The van der Waals surface area contributed by atoms with Crippen LogP contribution in [0.2, 0.25) is 0 Å². The molecule has 0 unspecified atom stereocenters. The molecule has 31 heavy (non-hydrogen) atoms. The molecule has 1 aromatic carbocycles. The summed E-state index contributed by atoms with van der Waals surface area (Å²) in [5.74, 6) is -0.988. The van der Waals surface area contributed by atoms with Gasteiger partial charge in [0, 0.05) is 18.2 Å². The Balaban J connectivity index is 2.77. The maximum absolute atomic E-state index is 12.7. The monoisotopic (exact) mass is 434 g/mol. The zero-order valence-electron chi connectivity index (χ0n) is 17.7. The van der Waals surface area contributed by atoms with Gasteiger partial charge in [-0.3, -0.25) is 24.7 Å². The Bertz CT molecular complexity index is 807. The Morgan fingerprint density at radius 1 is 1.23 bits per heavy atom. The first-order chi connectivity index (χ1) is 14.6. The number of nitro benzene ring substituents is 1. The lowest BCUT2D eigenvalue weighted by Crippen LogP contribution is -2.51. The molecule has 11 heteroatoms. The number of carbonyl (C=O) groups excluding carboxylic acids is 3. The van der Waals surface area contributed by atoms with Crippen molar-refractivity contribution < 1.29 is 19.3 Å². The summed E-state index contributed by atoms with van der Waals surface area (Å²) in [4.78, 5) is 50.9. The van der Waals surface area contributed by atoms with Crippen molar-refractivity contribution in [2.75, 3.05) is 6.54 Å². The van der Waals surface area contributed by atoms with Crippen molar-refractivity contribution in [2.24, 2.45) is 22.4 Å². The Morgan fingerprint density at radius 3 is 2.48 bits per heavy atom. The lowest BCUT2D eigenvalue weighted by atomic mass is 10.0. The van der Waals surface area contributed by atoms with Gasteiger partial charge in [-0.05, 0) is 25.2 Å². The number of guanidine groups is 1. The van der Waals surface area contributed by atoms with Gasteiger partial charge in [0.25, 0.3) is 5.69 Å². The number of hydrogen-bond donors (Lipinski definition) is 4. The average Bonchev–Trinajstić information content (AvgIpc) is 2.69. The second kappa shape index (κ2) is 12.9. The maximum atomic E-state index is 12.7. The second-order valence-electron chi connectivity index (χ2n) is 7.51. The standard InChI is InChI=1S/C20H30N6O5/c1-13(2)10-16(19(29)24-15(12-27)7-5-9-23-20(21)22)25-18(28)11-14-6-3-4-8-17(14)26(30)31/h3-4,6,8,12-13,15-16H,5,7,9-11H2,1-2H3,(H,24,29)(H,25,28)(H4,21,22,23)/t15-,16-/m0/s1. The van der Waals surface area contributed by atoms with E-state index in [1.165, 1.54) is 18.2 Å². The van der Waals surface area contributed by atoms with Crippen LogP contribution >= 0.6 is 0 Å². The molecule has 0 saturated carbocycles. The molecule has 2 amide bonds. The lowest BCUT2D eigenvalue weighted by Gasteiger charge is -2.22. The maximum Gasteiger partial charge on any atom is 0.273 e. The minimum atomic E-state index is -0.879. The molecule has 0 fully saturated rings. The fourth-order valence-corrected chi connectivity index (χ4v) is 2.94. The van der Waals surface area contributed by atoms with Crippen LogP contribution < -0.4 is 22.1 Å². The van der Waals surface area contributed by atoms with Crippen molar-refractivity contribution in [1.29, 1.82) is 0 Å². The van der Waals surface area contributed by atoms with Crippen molar-refractivity contribution in [2.45, 2.75) is 51.6 Å². The Labute approximate surface area is 180 Å². The molecule has 0 aliphatic carbocycles. The molecular formula is C20H30N6O5. The first-order valence-corrected chi connectivity index (χ1v) is 9.96. The van der Waals surface area contributed by atoms with Crippen LogP contribution in [0.15, 0.2) is 29.3 Å². The van der Waals surface area contributed by atoms with Crippen molar-refractivity contribution in [3.05, 3.63) is 39.9 Å². The average molecular weight is 434 g/mol. The molecule has 170 valence electrons. The number of hydrogen-bond acceptors (Lipinski definition) is 6.